The molecule has 0 saturated carbocycles. The molecule has 1 nitrogen and oxygen atoms in total. The molecule has 0 N–H and O–H groups in total. The second-order valence-electron chi connectivity index (χ2n) is 6.64. The third-order valence-electron chi connectivity index (χ3n) is 3.80. The summed E-state index contributed by atoms with van der Waals surface area (Å²) in [7, 11) is 0. The van der Waals surface area contributed by atoms with E-state index in [1.54, 1.807) is 0 Å². The topological polar surface area (TPSA) is 17.1 Å². The van der Waals surface area contributed by atoms with Crippen molar-refractivity contribution >= 4 is 5.78 Å². The third-order valence-corrected chi connectivity index (χ3v) is 3.80. The van der Waals surface area contributed by atoms with E-state index in [9.17, 15) is 4.79 Å². The smallest absolute Gasteiger partial charge is 0.167 e. The summed E-state index contributed by atoms with van der Waals surface area (Å²) in [6.07, 6.45) is 0. The van der Waals surface area contributed by atoms with Crippen LogP contribution in [0.4, 0.5) is 0 Å². The molecule has 0 bridgehead atoms. The van der Waals surface area contributed by atoms with Crippen molar-refractivity contribution in [2.75, 3.05) is 0 Å². The highest BCUT2D eigenvalue weighted by atomic mass is 16.1. The quantitative estimate of drug-likeness (QED) is 0.702. The minimum atomic E-state index is 0.0878. The molecule has 1 aliphatic carbocycles. The van der Waals surface area contributed by atoms with Crippen LogP contribution in [0, 0.1) is 23.7 Å². The van der Waals surface area contributed by atoms with Crippen molar-refractivity contribution < 1.29 is 4.79 Å². The van der Waals surface area contributed by atoms with E-state index in [1.807, 2.05) is 0 Å². The number of rotatable bonds is 3. The number of hydrogen-bond donors (Lipinski definition) is 0. The van der Waals surface area contributed by atoms with Gasteiger partial charge in [-0.15, -0.1) is 0 Å². The van der Waals surface area contributed by atoms with Gasteiger partial charge in [0, 0.05) is 11.5 Å². The van der Waals surface area contributed by atoms with E-state index in [0.717, 1.165) is 5.57 Å². The van der Waals surface area contributed by atoms with Gasteiger partial charge in [-0.2, -0.15) is 0 Å². The van der Waals surface area contributed by atoms with Gasteiger partial charge in [-0.25, -0.2) is 0 Å². The first-order chi connectivity index (χ1) is 8.20. The van der Waals surface area contributed by atoms with Crippen LogP contribution >= 0.6 is 0 Å². The third kappa shape index (κ3) is 2.46. The van der Waals surface area contributed by atoms with Gasteiger partial charge in [0.15, 0.2) is 5.78 Å². The van der Waals surface area contributed by atoms with Gasteiger partial charge in [0.1, 0.15) is 0 Å². The molecule has 0 aromatic carbocycles. The molecular formula is C17H28O. The van der Waals surface area contributed by atoms with E-state index >= 15 is 0 Å². The maximum atomic E-state index is 12.7. The summed E-state index contributed by atoms with van der Waals surface area (Å²) in [5.74, 6) is 1.60. The van der Waals surface area contributed by atoms with Crippen LogP contribution in [0.15, 0.2) is 22.3 Å². The van der Waals surface area contributed by atoms with Crippen molar-refractivity contribution in [2.24, 2.45) is 23.7 Å². The largest absolute Gasteiger partial charge is 0.294 e. The Bertz CT molecular complexity index is 401. The Hall–Kier alpha value is -0.850. The van der Waals surface area contributed by atoms with Crippen LogP contribution in [0.1, 0.15) is 55.4 Å². The molecule has 0 fully saturated rings. The zero-order valence-corrected chi connectivity index (χ0v) is 13.2. The lowest BCUT2D eigenvalue weighted by Crippen LogP contribution is -2.20. The fraction of sp³-hybridized carbons (Fsp3) is 0.706. The molecule has 0 saturated heterocycles. The minimum absolute atomic E-state index is 0.0878. The van der Waals surface area contributed by atoms with Crippen molar-refractivity contribution in [1.29, 1.82) is 0 Å². The highest BCUT2D eigenvalue weighted by Crippen LogP contribution is 2.45. The van der Waals surface area contributed by atoms with Gasteiger partial charge in [0.25, 0.3) is 0 Å². The Morgan fingerprint density at radius 3 is 1.61 bits per heavy atom. The van der Waals surface area contributed by atoms with Crippen LogP contribution in [0.5, 0.6) is 0 Å². The normalized spacial score (nSPS) is 20.9. The van der Waals surface area contributed by atoms with Crippen LogP contribution in [-0.2, 0) is 4.79 Å². The number of carbonyl (C=O) groups is 1. The summed E-state index contributed by atoms with van der Waals surface area (Å²) in [4.78, 5) is 12.7. The molecule has 1 atom stereocenters. The van der Waals surface area contributed by atoms with Crippen molar-refractivity contribution in [3.63, 3.8) is 0 Å². The molecule has 102 valence electrons. The summed E-state index contributed by atoms with van der Waals surface area (Å²) in [5.41, 5.74) is 5.05. The molecule has 0 aliphatic heterocycles. The Morgan fingerprint density at radius 2 is 1.33 bits per heavy atom. The molecule has 1 unspecified atom stereocenters. The summed E-state index contributed by atoms with van der Waals surface area (Å²) >= 11 is 0. The SMILES string of the molecule is CC(C)=C1C(C(C)C)=C(C(C)C)C(=O)C1C(C)C. The Labute approximate surface area is 112 Å². The lowest BCUT2D eigenvalue weighted by molar-refractivity contribution is -0.118. The molecular weight excluding hydrogens is 220 g/mol. The van der Waals surface area contributed by atoms with E-state index in [-0.39, 0.29) is 5.92 Å². The van der Waals surface area contributed by atoms with Gasteiger partial charge in [0.2, 0.25) is 0 Å². The Kier molecular flexibility index (Phi) is 4.58. The molecule has 0 radical (unpaired) electrons. The van der Waals surface area contributed by atoms with Crippen LogP contribution < -0.4 is 0 Å². The molecule has 1 rings (SSSR count). The van der Waals surface area contributed by atoms with Crippen molar-refractivity contribution in [1.82, 2.24) is 0 Å². The van der Waals surface area contributed by atoms with Gasteiger partial charge < -0.3 is 0 Å². The van der Waals surface area contributed by atoms with Gasteiger partial charge >= 0.3 is 0 Å². The number of carbonyl (C=O) groups excluding carboxylic acids is 1. The fourth-order valence-corrected chi connectivity index (χ4v) is 3.18. The standard InChI is InChI=1S/C17H28O/c1-9(2)13-14(10(3)4)16(12(7)8)17(18)15(13)11(5)6/h9,11-12,16H,1-8H3. The predicted molar refractivity (Wildman–Crippen MR) is 78.4 cm³/mol. The van der Waals surface area contributed by atoms with Crippen molar-refractivity contribution in [2.45, 2.75) is 55.4 Å². The lowest BCUT2D eigenvalue weighted by Gasteiger charge is -2.20. The number of hydrogen-bond acceptors (Lipinski definition) is 1. The average Bonchev–Trinajstić information content (AvgIpc) is 2.51. The van der Waals surface area contributed by atoms with Crippen LogP contribution in [0.2, 0.25) is 0 Å². The first kappa shape index (κ1) is 15.2. The average molecular weight is 248 g/mol. The maximum Gasteiger partial charge on any atom is 0.167 e. The predicted octanol–water partition coefficient (Wildman–Crippen LogP) is 4.79. The monoisotopic (exact) mass is 248 g/mol. The van der Waals surface area contributed by atoms with E-state index < -0.39 is 0 Å². The fourth-order valence-electron chi connectivity index (χ4n) is 3.18. The van der Waals surface area contributed by atoms with E-state index in [1.165, 1.54) is 16.7 Å². The van der Waals surface area contributed by atoms with Crippen LogP contribution in [0.25, 0.3) is 0 Å². The summed E-state index contributed by atoms with van der Waals surface area (Å²) < 4.78 is 0. The molecule has 0 aromatic heterocycles. The summed E-state index contributed by atoms with van der Waals surface area (Å²) in [6.45, 7) is 17.3. The molecule has 1 heteroatoms. The second kappa shape index (κ2) is 5.42. The molecule has 0 heterocycles. The molecule has 18 heavy (non-hydrogen) atoms. The molecule has 0 aromatic rings. The second-order valence-corrected chi connectivity index (χ2v) is 6.64. The molecule has 1 aliphatic rings. The van der Waals surface area contributed by atoms with Crippen molar-refractivity contribution in [3.05, 3.63) is 22.3 Å². The van der Waals surface area contributed by atoms with Crippen molar-refractivity contribution in [3.8, 4) is 0 Å². The van der Waals surface area contributed by atoms with E-state index in [4.69, 9.17) is 0 Å². The van der Waals surface area contributed by atoms with E-state index in [0.29, 0.717) is 23.5 Å². The number of Topliss-reactive ketones (excluding diaryl/α,β-unsaturated/α-hetero) is 1. The van der Waals surface area contributed by atoms with Gasteiger partial charge in [-0.3, -0.25) is 4.79 Å². The van der Waals surface area contributed by atoms with E-state index in [2.05, 4.69) is 55.4 Å². The van der Waals surface area contributed by atoms with Gasteiger partial charge in [0.05, 0.1) is 0 Å². The van der Waals surface area contributed by atoms with Gasteiger partial charge in [-0.05, 0) is 42.7 Å². The Morgan fingerprint density at radius 1 is 0.889 bits per heavy atom. The Balaban J connectivity index is 3.52. The lowest BCUT2D eigenvalue weighted by atomic mass is 9.83. The first-order valence-corrected chi connectivity index (χ1v) is 7.16. The summed E-state index contributed by atoms with van der Waals surface area (Å²) in [6, 6.07) is 0. The van der Waals surface area contributed by atoms with Gasteiger partial charge in [-0.1, -0.05) is 47.1 Å². The highest BCUT2D eigenvalue weighted by molar-refractivity contribution is 6.05. The zero-order valence-electron chi connectivity index (χ0n) is 13.2. The van der Waals surface area contributed by atoms with Crippen LogP contribution in [0.3, 0.4) is 0 Å². The maximum absolute atomic E-state index is 12.7. The molecule has 0 amide bonds. The summed E-state index contributed by atoms with van der Waals surface area (Å²) in [5, 5.41) is 0. The molecule has 0 spiro atoms. The highest BCUT2D eigenvalue weighted by Gasteiger charge is 2.41. The minimum Gasteiger partial charge on any atom is -0.294 e. The van der Waals surface area contributed by atoms with Crippen LogP contribution in [-0.4, -0.2) is 5.78 Å². The first-order valence-electron chi connectivity index (χ1n) is 7.16. The number of allylic oxidation sites excluding steroid dienone is 4. The number of ketones is 1. The zero-order chi connectivity index (χ0) is 14.2.